The fourth-order valence-electron chi connectivity index (χ4n) is 2.07. The molecular weight excluding hydrogens is 314 g/mol. The molecule has 24 heavy (non-hydrogen) atoms. The van der Waals surface area contributed by atoms with Gasteiger partial charge in [-0.25, -0.2) is 0 Å². The van der Waals surface area contributed by atoms with Gasteiger partial charge in [-0.2, -0.15) is 0 Å². The Bertz CT molecular complexity index is 545. The normalized spacial score (nSPS) is 10.2. The van der Waals surface area contributed by atoms with Crippen molar-refractivity contribution < 1.29 is 28.5 Å². The van der Waals surface area contributed by atoms with Gasteiger partial charge < -0.3 is 24.3 Å². The molecule has 1 rings (SSSR count). The molecule has 1 aromatic rings. The van der Waals surface area contributed by atoms with E-state index >= 15 is 0 Å². The number of rotatable bonds is 9. The van der Waals surface area contributed by atoms with Crippen molar-refractivity contribution in [1.82, 2.24) is 5.32 Å². The van der Waals surface area contributed by atoms with E-state index in [2.05, 4.69) is 5.32 Å². The van der Waals surface area contributed by atoms with Gasteiger partial charge in [0.2, 0.25) is 5.75 Å². The van der Waals surface area contributed by atoms with Crippen molar-refractivity contribution in [1.29, 1.82) is 0 Å². The molecule has 0 aliphatic rings. The van der Waals surface area contributed by atoms with Crippen molar-refractivity contribution in [3.8, 4) is 17.2 Å². The van der Waals surface area contributed by atoms with Gasteiger partial charge in [0, 0.05) is 18.5 Å². The zero-order valence-electron chi connectivity index (χ0n) is 14.8. The number of esters is 1. The average Bonchev–Trinajstić information content (AvgIpc) is 2.56. The maximum absolute atomic E-state index is 12.2. The number of benzene rings is 1. The average molecular weight is 339 g/mol. The van der Waals surface area contributed by atoms with Crippen LogP contribution >= 0.6 is 0 Å². The van der Waals surface area contributed by atoms with E-state index < -0.39 is 0 Å². The molecule has 0 aromatic heterocycles. The molecule has 1 aromatic carbocycles. The van der Waals surface area contributed by atoms with Crippen molar-refractivity contribution in [2.45, 2.75) is 32.8 Å². The summed E-state index contributed by atoms with van der Waals surface area (Å²) in [6.45, 7) is 3.96. The van der Waals surface area contributed by atoms with E-state index in [0.29, 0.717) is 35.8 Å². The Hall–Kier alpha value is -2.44. The predicted molar refractivity (Wildman–Crippen MR) is 88.9 cm³/mol. The molecule has 0 fully saturated rings. The summed E-state index contributed by atoms with van der Waals surface area (Å²) in [5.41, 5.74) is 0.384. The zero-order chi connectivity index (χ0) is 18.1. The van der Waals surface area contributed by atoms with Crippen molar-refractivity contribution >= 4 is 11.9 Å². The summed E-state index contributed by atoms with van der Waals surface area (Å²) in [4.78, 5) is 23.6. The summed E-state index contributed by atoms with van der Waals surface area (Å²) in [5.74, 6) is 0.677. The Balaban J connectivity index is 2.63. The van der Waals surface area contributed by atoms with E-state index in [9.17, 15) is 9.59 Å². The fourth-order valence-corrected chi connectivity index (χ4v) is 2.07. The maximum Gasteiger partial charge on any atom is 0.306 e. The van der Waals surface area contributed by atoms with E-state index in [0.717, 1.165) is 0 Å². The lowest BCUT2D eigenvalue weighted by Gasteiger charge is -2.14. The molecular formula is C17H25NO6. The van der Waals surface area contributed by atoms with Gasteiger partial charge in [-0.3, -0.25) is 9.59 Å². The van der Waals surface area contributed by atoms with E-state index in [-0.39, 0.29) is 24.4 Å². The molecule has 0 heterocycles. The first-order valence-corrected chi connectivity index (χ1v) is 7.70. The van der Waals surface area contributed by atoms with E-state index in [4.69, 9.17) is 18.9 Å². The molecule has 7 heteroatoms. The second-order valence-electron chi connectivity index (χ2n) is 5.31. The van der Waals surface area contributed by atoms with E-state index in [1.807, 2.05) is 0 Å². The Morgan fingerprint density at radius 2 is 1.62 bits per heavy atom. The quantitative estimate of drug-likeness (QED) is 0.548. The minimum atomic E-state index is -0.286. The third-order valence-corrected chi connectivity index (χ3v) is 3.14. The standard InChI is InChI=1S/C17H25NO6/c1-11(2)24-15(19)7-6-8-18-17(20)12-9-13(21-3)16(23-5)14(10-12)22-4/h9-11H,6-8H2,1-5H3,(H,18,20). The minimum Gasteiger partial charge on any atom is -0.493 e. The molecule has 1 amide bonds. The molecule has 0 bridgehead atoms. The number of hydrogen-bond donors (Lipinski definition) is 1. The number of carbonyl (C=O) groups is 2. The summed E-state index contributed by atoms with van der Waals surface area (Å²) in [7, 11) is 4.47. The highest BCUT2D eigenvalue weighted by molar-refractivity contribution is 5.95. The second kappa shape index (κ2) is 9.64. The molecule has 0 radical (unpaired) electrons. The van der Waals surface area contributed by atoms with Crippen LogP contribution < -0.4 is 19.5 Å². The molecule has 7 nitrogen and oxygen atoms in total. The first-order valence-electron chi connectivity index (χ1n) is 7.70. The highest BCUT2D eigenvalue weighted by Crippen LogP contribution is 2.38. The fraction of sp³-hybridized carbons (Fsp3) is 0.529. The SMILES string of the molecule is COc1cc(C(=O)NCCCC(=O)OC(C)C)cc(OC)c1OC. The largest absolute Gasteiger partial charge is 0.493 e. The van der Waals surface area contributed by atoms with Crippen LogP contribution in [-0.2, 0) is 9.53 Å². The van der Waals surface area contributed by atoms with Gasteiger partial charge in [-0.05, 0) is 32.4 Å². The van der Waals surface area contributed by atoms with Crippen LogP contribution in [0.25, 0.3) is 0 Å². The highest BCUT2D eigenvalue weighted by atomic mass is 16.5. The van der Waals surface area contributed by atoms with Gasteiger partial charge >= 0.3 is 5.97 Å². The van der Waals surface area contributed by atoms with Crippen LogP contribution in [0.5, 0.6) is 17.2 Å². The molecule has 0 saturated carbocycles. The molecule has 134 valence electrons. The van der Waals surface area contributed by atoms with Gasteiger partial charge in [-0.1, -0.05) is 0 Å². The molecule has 0 saturated heterocycles. The molecule has 0 aliphatic heterocycles. The molecule has 0 unspecified atom stereocenters. The maximum atomic E-state index is 12.2. The number of amides is 1. The number of ether oxygens (including phenoxy) is 4. The van der Waals surface area contributed by atoms with E-state index in [1.54, 1.807) is 26.0 Å². The number of carbonyl (C=O) groups excluding carboxylic acids is 2. The smallest absolute Gasteiger partial charge is 0.306 e. The molecule has 1 N–H and O–H groups in total. The van der Waals surface area contributed by atoms with Crippen molar-refractivity contribution in [3.63, 3.8) is 0 Å². The lowest BCUT2D eigenvalue weighted by atomic mass is 10.1. The monoisotopic (exact) mass is 339 g/mol. The first kappa shape index (κ1) is 19.6. The Labute approximate surface area is 142 Å². The molecule has 0 aliphatic carbocycles. The van der Waals surface area contributed by atoms with Crippen LogP contribution in [0, 0.1) is 0 Å². The molecule has 0 atom stereocenters. The van der Waals surface area contributed by atoms with Gasteiger partial charge in [-0.15, -0.1) is 0 Å². The summed E-state index contributed by atoms with van der Waals surface area (Å²) in [6.07, 6.45) is 0.626. The summed E-state index contributed by atoms with van der Waals surface area (Å²) in [6, 6.07) is 3.15. The van der Waals surface area contributed by atoms with Crippen molar-refractivity contribution in [2.24, 2.45) is 0 Å². The van der Waals surface area contributed by atoms with Gasteiger partial charge in [0.25, 0.3) is 5.91 Å². The van der Waals surface area contributed by atoms with Crippen LogP contribution in [0.1, 0.15) is 37.0 Å². The van der Waals surface area contributed by atoms with Gasteiger partial charge in [0.1, 0.15) is 0 Å². The zero-order valence-corrected chi connectivity index (χ0v) is 14.8. The van der Waals surface area contributed by atoms with Crippen molar-refractivity contribution in [3.05, 3.63) is 17.7 Å². The summed E-state index contributed by atoms with van der Waals surface area (Å²) < 4.78 is 20.7. The van der Waals surface area contributed by atoms with Crippen LogP contribution in [0.4, 0.5) is 0 Å². The molecule has 0 spiro atoms. The number of hydrogen-bond acceptors (Lipinski definition) is 6. The van der Waals surface area contributed by atoms with Crippen molar-refractivity contribution in [2.75, 3.05) is 27.9 Å². The first-order chi connectivity index (χ1) is 11.4. The lowest BCUT2D eigenvalue weighted by Crippen LogP contribution is -2.25. The summed E-state index contributed by atoms with van der Waals surface area (Å²) in [5, 5.41) is 2.75. The summed E-state index contributed by atoms with van der Waals surface area (Å²) >= 11 is 0. The van der Waals surface area contributed by atoms with Gasteiger partial charge in [0.05, 0.1) is 27.4 Å². The Morgan fingerprint density at radius 1 is 1.04 bits per heavy atom. The predicted octanol–water partition coefficient (Wildman–Crippen LogP) is 2.17. The number of nitrogens with one attached hydrogen (secondary N) is 1. The highest BCUT2D eigenvalue weighted by Gasteiger charge is 2.16. The Kier molecular flexibility index (Phi) is 7.88. The van der Waals surface area contributed by atoms with Crippen LogP contribution in [0.2, 0.25) is 0 Å². The minimum absolute atomic E-state index is 0.133. The second-order valence-corrected chi connectivity index (χ2v) is 5.31. The lowest BCUT2D eigenvalue weighted by molar-refractivity contribution is -0.147. The number of methoxy groups -OCH3 is 3. The topological polar surface area (TPSA) is 83.1 Å². The van der Waals surface area contributed by atoms with Crippen LogP contribution in [0.15, 0.2) is 12.1 Å². The van der Waals surface area contributed by atoms with E-state index in [1.165, 1.54) is 21.3 Å². The third kappa shape index (κ3) is 5.64. The van der Waals surface area contributed by atoms with Gasteiger partial charge in [0.15, 0.2) is 11.5 Å². The van der Waals surface area contributed by atoms with Crippen LogP contribution in [0.3, 0.4) is 0 Å². The van der Waals surface area contributed by atoms with Crippen LogP contribution in [-0.4, -0.2) is 45.9 Å². The third-order valence-electron chi connectivity index (χ3n) is 3.14. The Morgan fingerprint density at radius 3 is 2.08 bits per heavy atom.